The van der Waals surface area contributed by atoms with Gasteiger partial charge in [0.2, 0.25) is 0 Å². The molecule has 2 fully saturated rings. The van der Waals surface area contributed by atoms with Gasteiger partial charge in [-0.15, -0.1) is 0 Å². The molecular formula is C30H38N4O2. The van der Waals surface area contributed by atoms with Gasteiger partial charge in [-0.1, -0.05) is 37.3 Å². The van der Waals surface area contributed by atoms with Crippen molar-refractivity contribution in [2.24, 2.45) is 11.8 Å². The minimum Gasteiger partial charge on any atom is -0.392 e. The molecule has 0 saturated carbocycles. The molecule has 190 valence electrons. The molecule has 0 radical (unpaired) electrons. The first-order valence-corrected chi connectivity index (χ1v) is 13.6. The van der Waals surface area contributed by atoms with Gasteiger partial charge in [-0.05, 0) is 73.9 Å². The summed E-state index contributed by atoms with van der Waals surface area (Å²) < 4.78 is 0. The largest absolute Gasteiger partial charge is 0.392 e. The average molecular weight is 487 g/mol. The Kier molecular flexibility index (Phi) is 6.05. The first kappa shape index (κ1) is 23.6. The Bertz CT molecular complexity index is 1230. The highest BCUT2D eigenvalue weighted by Crippen LogP contribution is 2.47. The third kappa shape index (κ3) is 4.10. The number of nitrogens with one attached hydrogen (secondary N) is 2. The van der Waals surface area contributed by atoms with Gasteiger partial charge in [0.15, 0.2) is 0 Å². The Morgan fingerprint density at radius 3 is 2.72 bits per heavy atom. The number of para-hydroxylation sites is 1. The minimum atomic E-state index is -0.340. The second-order valence-corrected chi connectivity index (χ2v) is 11.4. The lowest BCUT2D eigenvalue weighted by Gasteiger charge is -2.46. The highest BCUT2D eigenvalue weighted by Gasteiger charge is 2.46. The number of amides is 1. The highest BCUT2D eigenvalue weighted by atomic mass is 16.3. The number of carbonyl (C=O) groups is 1. The second kappa shape index (κ2) is 9.24. The fourth-order valence-electron chi connectivity index (χ4n) is 6.93. The molecule has 6 heteroatoms. The number of likely N-dealkylation sites (tertiary alicyclic amines) is 2. The quantitative estimate of drug-likeness (QED) is 0.511. The fraction of sp³-hybridized carbons (Fsp3) is 0.500. The van der Waals surface area contributed by atoms with Gasteiger partial charge < -0.3 is 25.2 Å². The summed E-state index contributed by atoms with van der Waals surface area (Å²) in [5.74, 6) is 0.848. The van der Waals surface area contributed by atoms with Crippen LogP contribution in [0.4, 0.5) is 5.69 Å². The van der Waals surface area contributed by atoms with Crippen LogP contribution in [0, 0.1) is 18.8 Å². The number of H-pyrrole nitrogens is 1. The van der Waals surface area contributed by atoms with Crippen LogP contribution in [0.5, 0.6) is 0 Å². The van der Waals surface area contributed by atoms with E-state index < -0.39 is 0 Å². The zero-order valence-electron chi connectivity index (χ0n) is 21.5. The van der Waals surface area contributed by atoms with E-state index in [1.807, 2.05) is 35.2 Å². The maximum Gasteiger partial charge on any atom is 0.270 e. The smallest absolute Gasteiger partial charge is 0.270 e. The number of benzene rings is 2. The zero-order chi connectivity index (χ0) is 24.9. The normalized spacial score (nSPS) is 25.8. The zero-order valence-corrected chi connectivity index (χ0v) is 21.5. The highest BCUT2D eigenvalue weighted by molar-refractivity contribution is 5.98. The maximum atomic E-state index is 13.0. The Labute approximate surface area is 213 Å². The summed E-state index contributed by atoms with van der Waals surface area (Å²) in [6, 6.07) is 16.8. The van der Waals surface area contributed by atoms with Crippen LogP contribution in [0.25, 0.3) is 10.9 Å². The lowest BCUT2D eigenvalue weighted by atomic mass is 9.67. The van der Waals surface area contributed by atoms with Crippen LogP contribution in [-0.4, -0.2) is 71.2 Å². The van der Waals surface area contributed by atoms with Gasteiger partial charge >= 0.3 is 0 Å². The Morgan fingerprint density at radius 1 is 1.14 bits per heavy atom. The number of aliphatic hydroxyl groups excluding tert-OH is 1. The molecule has 3 atom stereocenters. The molecule has 4 heterocycles. The van der Waals surface area contributed by atoms with Gasteiger partial charge in [-0.2, -0.15) is 0 Å². The number of hydrogen-bond donors (Lipinski definition) is 3. The standard InChI is InChI=1S/C30H38N4O2/c1-20-7-8-24-26(15-20)31-19-30(24)11-14-33(17-21(30)2)18-28(35)22-9-12-34(13-10-22)29(36)27-16-23-5-3-4-6-25(23)32-27/h3-8,15-16,21-22,28,31-32,35H,9-14,17-19H2,1-2H3/t21-,28-,30+/m1/s1. The van der Waals surface area contributed by atoms with Crippen molar-refractivity contribution >= 4 is 22.5 Å². The molecule has 6 rings (SSSR count). The van der Waals surface area contributed by atoms with Crippen LogP contribution >= 0.6 is 0 Å². The molecule has 3 aromatic rings. The van der Waals surface area contributed by atoms with E-state index in [0.29, 0.717) is 24.7 Å². The molecule has 0 aliphatic carbocycles. The number of anilines is 1. The lowest BCUT2D eigenvalue weighted by molar-refractivity contribution is 0.0110. The number of fused-ring (bicyclic) bond motifs is 3. The van der Waals surface area contributed by atoms with Crippen molar-refractivity contribution in [2.45, 2.75) is 44.6 Å². The van der Waals surface area contributed by atoms with Gasteiger partial charge in [-0.25, -0.2) is 0 Å². The summed E-state index contributed by atoms with van der Waals surface area (Å²) in [5, 5.41) is 15.9. The van der Waals surface area contributed by atoms with E-state index in [9.17, 15) is 9.90 Å². The predicted octanol–water partition coefficient (Wildman–Crippen LogP) is 4.39. The molecule has 1 amide bonds. The predicted molar refractivity (Wildman–Crippen MR) is 145 cm³/mol. The number of carbonyl (C=O) groups excluding carboxylic acids is 1. The molecular weight excluding hydrogens is 448 g/mol. The van der Waals surface area contributed by atoms with Crippen molar-refractivity contribution in [3.05, 3.63) is 65.4 Å². The first-order valence-electron chi connectivity index (χ1n) is 13.6. The molecule has 1 spiro atoms. The van der Waals surface area contributed by atoms with E-state index in [2.05, 4.69) is 47.2 Å². The number of rotatable bonds is 4. The van der Waals surface area contributed by atoms with Crippen LogP contribution < -0.4 is 5.32 Å². The number of aryl methyl sites for hydroxylation is 1. The summed E-state index contributed by atoms with van der Waals surface area (Å²) >= 11 is 0. The molecule has 2 aromatic carbocycles. The van der Waals surface area contributed by atoms with Crippen LogP contribution in [0.1, 0.15) is 47.8 Å². The van der Waals surface area contributed by atoms with Crippen LogP contribution in [-0.2, 0) is 5.41 Å². The van der Waals surface area contributed by atoms with Gasteiger partial charge in [0, 0.05) is 54.7 Å². The molecule has 3 N–H and O–H groups in total. The first-order chi connectivity index (χ1) is 17.4. The fourth-order valence-corrected chi connectivity index (χ4v) is 6.93. The molecule has 3 aliphatic heterocycles. The van der Waals surface area contributed by atoms with E-state index in [1.54, 1.807) is 0 Å². The molecule has 1 aromatic heterocycles. The summed E-state index contributed by atoms with van der Waals surface area (Å²) in [5.41, 5.74) is 5.96. The molecule has 6 nitrogen and oxygen atoms in total. The van der Waals surface area contributed by atoms with E-state index >= 15 is 0 Å². The van der Waals surface area contributed by atoms with Crippen molar-refractivity contribution in [3.8, 4) is 0 Å². The van der Waals surface area contributed by atoms with E-state index in [1.165, 1.54) is 16.8 Å². The van der Waals surface area contributed by atoms with Gasteiger partial charge in [0.25, 0.3) is 5.91 Å². The number of nitrogens with zero attached hydrogens (tertiary/aromatic N) is 2. The Morgan fingerprint density at radius 2 is 1.94 bits per heavy atom. The Hall–Kier alpha value is -2.83. The van der Waals surface area contributed by atoms with Gasteiger partial charge in [-0.3, -0.25) is 4.79 Å². The lowest BCUT2D eigenvalue weighted by Crippen LogP contribution is -2.52. The molecule has 3 aliphatic rings. The number of β-amino-alcohol motifs (C(OH)–C–C–N with tert-alkyl or cyclic N) is 1. The molecule has 36 heavy (non-hydrogen) atoms. The maximum absolute atomic E-state index is 13.0. The SMILES string of the molecule is Cc1ccc2c(c1)NC[C@]21CCN(C[C@@H](O)C2CCN(C(=O)c3cc4ccccc4[nH]3)CC2)C[C@H]1C. The molecule has 0 unspecified atom stereocenters. The number of hydrogen-bond acceptors (Lipinski definition) is 4. The number of piperidine rings is 2. The minimum absolute atomic E-state index is 0.0648. The number of aromatic nitrogens is 1. The topological polar surface area (TPSA) is 71.6 Å². The summed E-state index contributed by atoms with van der Waals surface area (Å²) in [6.07, 6.45) is 2.50. The van der Waals surface area contributed by atoms with Crippen molar-refractivity contribution < 1.29 is 9.90 Å². The van der Waals surface area contributed by atoms with Crippen molar-refractivity contribution in [3.63, 3.8) is 0 Å². The number of aromatic amines is 1. The van der Waals surface area contributed by atoms with E-state index in [4.69, 9.17) is 0 Å². The molecule has 0 bridgehead atoms. The third-order valence-electron chi connectivity index (χ3n) is 9.23. The monoisotopic (exact) mass is 486 g/mol. The summed E-state index contributed by atoms with van der Waals surface area (Å²) in [4.78, 5) is 20.7. The van der Waals surface area contributed by atoms with Gasteiger partial charge in [0.1, 0.15) is 5.69 Å². The molecule has 2 saturated heterocycles. The number of aliphatic hydroxyl groups is 1. The second-order valence-electron chi connectivity index (χ2n) is 11.4. The Balaban J connectivity index is 1.03. The van der Waals surface area contributed by atoms with E-state index in [-0.39, 0.29) is 23.3 Å². The average Bonchev–Trinajstić information content (AvgIpc) is 3.48. The summed E-state index contributed by atoms with van der Waals surface area (Å²) in [6.45, 7) is 9.74. The third-order valence-corrected chi connectivity index (χ3v) is 9.23. The van der Waals surface area contributed by atoms with Crippen molar-refractivity contribution in [1.29, 1.82) is 0 Å². The van der Waals surface area contributed by atoms with Crippen LogP contribution in [0.3, 0.4) is 0 Å². The van der Waals surface area contributed by atoms with Crippen LogP contribution in [0.15, 0.2) is 48.5 Å². The van der Waals surface area contributed by atoms with Crippen molar-refractivity contribution in [2.75, 3.05) is 44.6 Å². The van der Waals surface area contributed by atoms with Crippen LogP contribution in [0.2, 0.25) is 0 Å². The summed E-state index contributed by atoms with van der Waals surface area (Å²) in [7, 11) is 0. The van der Waals surface area contributed by atoms with Gasteiger partial charge in [0.05, 0.1) is 6.10 Å². The van der Waals surface area contributed by atoms with E-state index in [0.717, 1.165) is 56.3 Å². The van der Waals surface area contributed by atoms with Crippen molar-refractivity contribution in [1.82, 2.24) is 14.8 Å².